The molecule has 11 heteroatoms. The number of hydrogen-bond donors (Lipinski definition) is 4. The summed E-state index contributed by atoms with van der Waals surface area (Å²) in [5.41, 5.74) is 2.00. The van der Waals surface area contributed by atoms with Crippen molar-refractivity contribution in [3.8, 4) is 22.2 Å². The molecular weight excluding hydrogens is 488 g/mol. The Morgan fingerprint density at radius 1 is 0.973 bits per heavy atom. The van der Waals surface area contributed by atoms with Crippen LogP contribution in [0.2, 0.25) is 0 Å². The quantitative estimate of drug-likeness (QED) is 0.284. The topological polar surface area (TPSA) is 124 Å². The maximum absolute atomic E-state index is 9.87. The Bertz CT molecular complexity index is 1310. The molecule has 1 aliphatic carbocycles. The van der Waals surface area contributed by atoms with Crippen molar-refractivity contribution in [3.63, 3.8) is 0 Å². The number of piperazine rings is 1. The van der Waals surface area contributed by atoms with Gasteiger partial charge in [-0.25, -0.2) is 9.97 Å². The Labute approximate surface area is 219 Å². The second-order valence-electron chi connectivity index (χ2n) is 9.42. The lowest BCUT2D eigenvalue weighted by atomic mass is 9.93. The van der Waals surface area contributed by atoms with Crippen LogP contribution in [0.25, 0.3) is 22.2 Å². The molecule has 0 amide bonds. The summed E-state index contributed by atoms with van der Waals surface area (Å²) in [5.74, 6) is 2.48. The average Bonchev–Trinajstić information content (AvgIpc) is 3.61. The molecule has 2 aliphatic rings. The fraction of sp³-hybridized carbons (Fsp3) is 0.385. The van der Waals surface area contributed by atoms with E-state index in [0.29, 0.717) is 23.0 Å². The number of aliphatic hydroxyl groups excluding tert-OH is 1. The van der Waals surface area contributed by atoms with Crippen LogP contribution < -0.4 is 20.9 Å². The van der Waals surface area contributed by atoms with E-state index in [1.807, 2.05) is 30.3 Å². The molecule has 4 aromatic rings. The highest BCUT2D eigenvalue weighted by molar-refractivity contribution is 7.18. The number of hydrogen-bond acceptors (Lipinski definition) is 11. The first-order valence-electron chi connectivity index (χ1n) is 12.7. The van der Waals surface area contributed by atoms with Crippen molar-refractivity contribution >= 4 is 33.8 Å². The number of nitrogens with one attached hydrogen (secondary N) is 3. The summed E-state index contributed by atoms with van der Waals surface area (Å²) >= 11 is 1.44. The van der Waals surface area contributed by atoms with E-state index in [4.69, 9.17) is 9.40 Å². The molecule has 37 heavy (non-hydrogen) atoms. The van der Waals surface area contributed by atoms with Crippen LogP contribution >= 0.6 is 11.3 Å². The molecule has 192 valence electrons. The molecule has 1 aliphatic heterocycles. The number of rotatable bonds is 7. The Morgan fingerprint density at radius 3 is 2.54 bits per heavy atom. The van der Waals surface area contributed by atoms with Crippen molar-refractivity contribution < 1.29 is 9.52 Å². The highest BCUT2D eigenvalue weighted by atomic mass is 32.1. The van der Waals surface area contributed by atoms with Crippen LogP contribution in [0.5, 0.6) is 0 Å². The van der Waals surface area contributed by atoms with Crippen LogP contribution in [-0.2, 0) is 0 Å². The SMILES string of the molecule is OC1CCC(Nc2cc(N3CCNCC3)cc(Nc3ncc(-c4nnc(-c5ccccc5)o4)s3)n2)CC1. The second kappa shape index (κ2) is 10.8. The van der Waals surface area contributed by atoms with Gasteiger partial charge in [-0.1, -0.05) is 29.5 Å². The lowest BCUT2D eigenvalue weighted by molar-refractivity contribution is 0.126. The number of anilines is 4. The molecule has 6 rings (SSSR count). The predicted octanol–water partition coefficient (Wildman–Crippen LogP) is 4.12. The first-order chi connectivity index (χ1) is 18.2. The van der Waals surface area contributed by atoms with Gasteiger partial charge in [-0.3, -0.25) is 0 Å². The summed E-state index contributed by atoms with van der Waals surface area (Å²) < 4.78 is 5.89. The zero-order valence-corrected chi connectivity index (χ0v) is 21.2. The van der Waals surface area contributed by atoms with Gasteiger partial charge in [0.25, 0.3) is 5.89 Å². The number of benzene rings is 1. The summed E-state index contributed by atoms with van der Waals surface area (Å²) in [6.07, 6.45) is 5.08. The van der Waals surface area contributed by atoms with Gasteiger partial charge < -0.3 is 30.4 Å². The molecule has 0 bridgehead atoms. The Hall–Kier alpha value is -3.54. The summed E-state index contributed by atoms with van der Waals surface area (Å²) in [7, 11) is 0. The maximum Gasteiger partial charge on any atom is 0.259 e. The fourth-order valence-corrected chi connectivity index (χ4v) is 5.49. The zero-order valence-electron chi connectivity index (χ0n) is 20.4. The number of aromatic nitrogens is 4. The first kappa shape index (κ1) is 23.8. The minimum absolute atomic E-state index is 0.183. The van der Waals surface area contributed by atoms with Crippen LogP contribution in [0.15, 0.2) is 53.1 Å². The summed E-state index contributed by atoms with van der Waals surface area (Å²) in [4.78, 5) is 12.5. The van der Waals surface area contributed by atoms with Crippen LogP contribution in [0.4, 0.5) is 22.5 Å². The molecule has 0 unspecified atom stereocenters. The van der Waals surface area contributed by atoms with E-state index >= 15 is 0 Å². The predicted molar refractivity (Wildman–Crippen MR) is 145 cm³/mol. The molecule has 0 radical (unpaired) electrons. The third-order valence-electron chi connectivity index (χ3n) is 6.74. The Morgan fingerprint density at radius 2 is 1.73 bits per heavy atom. The van der Waals surface area contributed by atoms with Gasteiger partial charge in [0.05, 0.1) is 12.3 Å². The van der Waals surface area contributed by atoms with Gasteiger partial charge in [0.2, 0.25) is 5.89 Å². The van der Waals surface area contributed by atoms with Crippen LogP contribution in [0.3, 0.4) is 0 Å². The summed E-state index contributed by atoms with van der Waals surface area (Å²) in [6, 6.07) is 14.2. The number of aliphatic hydroxyl groups is 1. The van der Waals surface area contributed by atoms with E-state index in [0.717, 1.165) is 79.6 Å². The van der Waals surface area contributed by atoms with Crippen molar-refractivity contribution in [3.05, 3.63) is 48.7 Å². The molecule has 0 spiro atoms. The molecule has 1 aromatic carbocycles. The van der Waals surface area contributed by atoms with Gasteiger partial charge >= 0.3 is 0 Å². The fourth-order valence-electron chi connectivity index (χ4n) is 4.75. The first-order valence-corrected chi connectivity index (χ1v) is 13.6. The molecule has 10 nitrogen and oxygen atoms in total. The van der Waals surface area contributed by atoms with Crippen molar-refractivity contribution in [1.29, 1.82) is 0 Å². The van der Waals surface area contributed by atoms with E-state index < -0.39 is 0 Å². The standard InChI is InChI=1S/C26H30N8O2S/c35-20-8-6-18(7-9-20)29-22-14-19(34-12-10-27-11-13-34)15-23(30-22)31-26-28-16-21(37-26)25-33-32-24(36-25)17-4-2-1-3-5-17/h1-5,14-16,18,20,27,35H,6-13H2,(H2,28,29,30,31). The van der Waals surface area contributed by atoms with Crippen molar-refractivity contribution in [2.45, 2.75) is 37.8 Å². The van der Waals surface area contributed by atoms with Gasteiger partial charge in [0.1, 0.15) is 16.5 Å². The molecular formula is C26H30N8O2S. The third-order valence-corrected chi connectivity index (χ3v) is 7.64. The van der Waals surface area contributed by atoms with Gasteiger partial charge in [-0.05, 0) is 37.8 Å². The molecule has 0 atom stereocenters. The van der Waals surface area contributed by atoms with E-state index in [9.17, 15) is 5.11 Å². The van der Waals surface area contributed by atoms with Crippen LogP contribution in [0.1, 0.15) is 25.7 Å². The van der Waals surface area contributed by atoms with Gasteiger partial charge in [-0.15, -0.1) is 10.2 Å². The van der Waals surface area contributed by atoms with Gasteiger partial charge in [0.15, 0.2) is 5.13 Å². The lowest BCUT2D eigenvalue weighted by Crippen LogP contribution is -2.43. The normalized spacial score (nSPS) is 20.1. The summed E-state index contributed by atoms with van der Waals surface area (Å²) in [5, 5.41) is 29.4. The Balaban J connectivity index is 1.21. The minimum atomic E-state index is -0.183. The average molecular weight is 519 g/mol. The molecule has 1 saturated carbocycles. The van der Waals surface area contributed by atoms with E-state index in [1.165, 1.54) is 11.3 Å². The van der Waals surface area contributed by atoms with Crippen molar-refractivity contribution in [1.82, 2.24) is 25.5 Å². The number of pyridine rings is 1. The lowest BCUT2D eigenvalue weighted by Gasteiger charge is -2.31. The summed E-state index contributed by atoms with van der Waals surface area (Å²) in [6.45, 7) is 3.81. The number of thiazole rings is 1. The molecule has 4 N–H and O–H groups in total. The van der Waals surface area contributed by atoms with Gasteiger partial charge in [0, 0.05) is 55.6 Å². The van der Waals surface area contributed by atoms with Crippen molar-refractivity contribution in [2.75, 3.05) is 41.7 Å². The number of nitrogens with zero attached hydrogens (tertiary/aromatic N) is 5. The highest BCUT2D eigenvalue weighted by Crippen LogP contribution is 2.33. The van der Waals surface area contributed by atoms with Crippen LogP contribution in [-0.4, -0.2) is 63.6 Å². The zero-order chi connectivity index (χ0) is 25.0. The monoisotopic (exact) mass is 518 g/mol. The largest absolute Gasteiger partial charge is 0.415 e. The molecule has 2 fully saturated rings. The van der Waals surface area contributed by atoms with Crippen LogP contribution in [0, 0.1) is 0 Å². The van der Waals surface area contributed by atoms with E-state index in [1.54, 1.807) is 6.20 Å². The Kier molecular flexibility index (Phi) is 6.98. The van der Waals surface area contributed by atoms with E-state index in [2.05, 4.69) is 48.2 Å². The smallest absolute Gasteiger partial charge is 0.259 e. The van der Waals surface area contributed by atoms with Gasteiger partial charge in [-0.2, -0.15) is 0 Å². The maximum atomic E-state index is 9.87. The highest BCUT2D eigenvalue weighted by Gasteiger charge is 2.21. The second-order valence-corrected chi connectivity index (χ2v) is 10.4. The third kappa shape index (κ3) is 5.74. The molecule has 4 heterocycles. The molecule has 1 saturated heterocycles. The minimum Gasteiger partial charge on any atom is -0.415 e. The molecule has 3 aromatic heterocycles. The van der Waals surface area contributed by atoms with E-state index in [-0.39, 0.29) is 6.10 Å². The van der Waals surface area contributed by atoms with Crippen molar-refractivity contribution in [2.24, 2.45) is 0 Å².